The predicted octanol–water partition coefficient (Wildman–Crippen LogP) is 1.88. The van der Waals surface area contributed by atoms with E-state index in [1.165, 1.54) is 18.7 Å². The summed E-state index contributed by atoms with van der Waals surface area (Å²) < 4.78 is 5.78. The summed E-state index contributed by atoms with van der Waals surface area (Å²) in [6.45, 7) is 8.65. The zero-order chi connectivity index (χ0) is 12.8. The molecule has 1 aromatic rings. The number of aryl methyl sites for hydroxylation is 1. The summed E-state index contributed by atoms with van der Waals surface area (Å²) in [5.74, 6) is 0.987. The normalized spacial score (nSPS) is 17.9. The summed E-state index contributed by atoms with van der Waals surface area (Å²) in [6, 6.07) is 8.43. The molecule has 0 aliphatic carbocycles. The molecule has 0 aromatic heterocycles. The highest BCUT2D eigenvalue weighted by Crippen LogP contribution is 2.12. The van der Waals surface area contributed by atoms with Crippen molar-refractivity contribution in [2.75, 3.05) is 46.4 Å². The van der Waals surface area contributed by atoms with Crippen LogP contribution in [-0.4, -0.2) is 56.2 Å². The lowest BCUT2D eigenvalue weighted by atomic mass is 10.2. The van der Waals surface area contributed by atoms with Crippen LogP contribution in [0.3, 0.4) is 0 Å². The zero-order valence-corrected chi connectivity index (χ0v) is 11.6. The largest absolute Gasteiger partial charge is 0.492 e. The molecule has 3 nitrogen and oxygen atoms in total. The molecule has 3 heteroatoms. The smallest absolute Gasteiger partial charge is 0.119 e. The average molecular weight is 248 g/mol. The number of piperazine rings is 1. The first kappa shape index (κ1) is 13.4. The molecule has 0 amide bonds. The van der Waals surface area contributed by atoms with Crippen LogP contribution >= 0.6 is 0 Å². The third kappa shape index (κ3) is 4.00. The highest BCUT2D eigenvalue weighted by Gasteiger charge is 2.12. The van der Waals surface area contributed by atoms with Crippen molar-refractivity contribution in [2.45, 2.75) is 13.3 Å². The molecule has 18 heavy (non-hydrogen) atoms. The van der Waals surface area contributed by atoms with Crippen LogP contribution in [-0.2, 0) is 6.42 Å². The van der Waals surface area contributed by atoms with Gasteiger partial charge in [0.05, 0.1) is 0 Å². The van der Waals surface area contributed by atoms with Crippen LogP contribution in [0.5, 0.6) is 5.75 Å². The van der Waals surface area contributed by atoms with E-state index in [9.17, 15) is 0 Å². The number of hydrogen-bond acceptors (Lipinski definition) is 3. The lowest BCUT2D eigenvalue weighted by Crippen LogP contribution is -2.45. The Hall–Kier alpha value is -1.06. The maximum absolute atomic E-state index is 5.78. The number of rotatable bonds is 5. The quantitative estimate of drug-likeness (QED) is 0.791. The molecule has 1 aliphatic rings. The topological polar surface area (TPSA) is 15.7 Å². The van der Waals surface area contributed by atoms with Gasteiger partial charge in [-0.15, -0.1) is 0 Å². The van der Waals surface area contributed by atoms with Gasteiger partial charge in [-0.3, -0.25) is 4.90 Å². The number of likely N-dealkylation sites (N-methyl/N-ethyl adjacent to an activating group) is 1. The van der Waals surface area contributed by atoms with Crippen molar-refractivity contribution >= 4 is 0 Å². The Labute approximate surface area is 110 Å². The molecule has 100 valence electrons. The highest BCUT2D eigenvalue weighted by molar-refractivity contribution is 5.27. The Kier molecular flexibility index (Phi) is 5.02. The maximum atomic E-state index is 5.78. The molecule has 1 aromatic carbocycles. The Morgan fingerprint density at radius 3 is 2.33 bits per heavy atom. The fourth-order valence-electron chi connectivity index (χ4n) is 2.19. The van der Waals surface area contributed by atoms with Crippen molar-refractivity contribution in [3.8, 4) is 5.75 Å². The molecule has 0 saturated carbocycles. The van der Waals surface area contributed by atoms with Gasteiger partial charge < -0.3 is 9.64 Å². The van der Waals surface area contributed by atoms with Crippen molar-refractivity contribution in [3.05, 3.63) is 29.8 Å². The van der Waals surface area contributed by atoms with Gasteiger partial charge in [0, 0.05) is 32.7 Å². The molecule has 1 fully saturated rings. The van der Waals surface area contributed by atoms with Crippen molar-refractivity contribution in [2.24, 2.45) is 0 Å². The molecule has 0 radical (unpaired) electrons. The number of benzene rings is 1. The standard InChI is InChI=1S/C15H24N2O/c1-3-14-4-6-15(7-5-14)18-13-12-17-10-8-16(2)9-11-17/h4-7H,3,8-13H2,1-2H3. The molecule has 0 spiro atoms. The summed E-state index contributed by atoms with van der Waals surface area (Å²) in [5, 5.41) is 0. The third-order valence-corrected chi connectivity index (χ3v) is 3.60. The number of nitrogens with zero attached hydrogens (tertiary/aromatic N) is 2. The van der Waals surface area contributed by atoms with E-state index in [4.69, 9.17) is 4.74 Å². The highest BCUT2D eigenvalue weighted by atomic mass is 16.5. The minimum Gasteiger partial charge on any atom is -0.492 e. The van der Waals surface area contributed by atoms with E-state index in [0.717, 1.165) is 38.4 Å². The fraction of sp³-hybridized carbons (Fsp3) is 0.600. The molecule has 0 atom stereocenters. The van der Waals surface area contributed by atoms with Crippen molar-refractivity contribution in [3.63, 3.8) is 0 Å². The molecule has 1 saturated heterocycles. The van der Waals surface area contributed by atoms with Gasteiger partial charge >= 0.3 is 0 Å². The summed E-state index contributed by atoms with van der Waals surface area (Å²) in [7, 11) is 2.18. The molecular formula is C15H24N2O. The van der Waals surface area contributed by atoms with Crippen LogP contribution < -0.4 is 4.74 Å². The summed E-state index contributed by atoms with van der Waals surface area (Å²) in [4.78, 5) is 4.85. The van der Waals surface area contributed by atoms with Gasteiger partial charge in [-0.1, -0.05) is 19.1 Å². The van der Waals surface area contributed by atoms with Gasteiger partial charge in [-0.25, -0.2) is 0 Å². The van der Waals surface area contributed by atoms with Gasteiger partial charge in [-0.2, -0.15) is 0 Å². The second-order valence-electron chi connectivity index (χ2n) is 4.99. The Morgan fingerprint density at radius 1 is 1.06 bits per heavy atom. The van der Waals surface area contributed by atoms with E-state index < -0.39 is 0 Å². The van der Waals surface area contributed by atoms with Crippen LogP contribution in [0, 0.1) is 0 Å². The summed E-state index contributed by atoms with van der Waals surface area (Å²) in [6.07, 6.45) is 1.08. The van der Waals surface area contributed by atoms with Crippen molar-refractivity contribution < 1.29 is 4.74 Å². The van der Waals surface area contributed by atoms with Crippen LogP contribution in [0.15, 0.2) is 24.3 Å². The molecule has 0 unspecified atom stereocenters. The predicted molar refractivity (Wildman–Crippen MR) is 75.3 cm³/mol. The first-order valence-corrected chi connectivity index (χ1v) is 6.90. The zero-order valence-electron chi connectivity index (χ0n) is 11.6. The second-order valence-corrected chi connectivity index (χ2v) is 4.99. The monoisotopic (exact) mass is 248 g/mol. The first-order chi connectivity index (χ1) is 8.78. The van der Waals surface area contributed by atoms with E-state index in [-0.39, 0.29) is 0 Å². The number of hydrogen-bond donors (Lipinski definition) is 0. The Balaban J connectivity index is 1.68. The van der Waals surface area contributed by atoms with Crippen LogP contribution in [0.4, 0.5) is 0 Å². The van der Waals surface area contributed by atoms with Gasteiger partial charge in [0.15, 0.2) is 0 Å². The Morgan fingerprint density at radius 2 is 1.72 bits per heavy atom. The second kappa shape index (κ2) is 6.76. The van der Waals surface area contributed by atoms with Crippen LogP contribution in [0.1, 0.15) is 12.5 Å². The minimum atomic E-state index is 0.787. The van der Waals surface area contributed by atoms with Crippen LogP contribution in [0.2, 0.25) is 0 Å². The van der Waals surface area contributed by atoms with E-state index >= 15 is 0 Å². The molecule has 2 rings (SSSR count). The third-order valence-electron chi connectivity index (χ3n) is 3.60. The van der Waals surface area contributed by atoms with Crippen molar-refractivity contribution in [1.82, 2.24) is 9.80 Å². The summed E-state index contributed by atoms with van der Waals surface area (Å²) in [5.41, 5.74) is 1.36. The van der Waals surface area contributed by atoms with Gasteiger partial charge in [0.2, 0.25) is 0 Å². The summed E-state index contributed by atoms with van der Waals surface area (Å²) >= 11 is 0. The molecular weight excluding hydrogens is 224 g/mol. The van der Waals surface area contributed by atoms with Gasteiger partial charge in [0.25, 0.3) is 0 Å². The average Bonchev–Trinajstić information content (AvgIpc) is 2.42. The van der Waals surface area contributed by atoms with Crippen LogP contribution in [0.25, 0.3) is 0 Å². The Bertz CT molecular complexity index is 342. The molecule has 1 aliphatic heterocycles. The lowest BCUT2D eigenvalue weighted by molar-refractivity contribution is 0.134. The van der Waals surface area contributed by atoms with E-state index in [2.05, 4.69) is 48.0 Å². The maximum Gasteiger partial charge on any atom is 0.119 e. The lowest BCUT2D eigenvalue weighted by Gasteiger charge is -2.32. The van der Waals surface area contributed by atoms with E-state index in [1.807, 2.05) is 0 Å². The fourth-order valence-corrected chi connectivity index (χ4v) is 2.19. The van der Waals surface area contributed by atoms with Crippen molar-refractivity contribution in [1.29, 1.82) is 0 Å². The first-order valence-electron chi connectivity index (χ1n) is 6.90. The molecule has 0 bridgehead atoms. The van der Waals surface area contributed by atoms with E-state index in [1.54, 1.807) is 0 Å². The minimum absolute atomic E-state index is 0.787. The van der Waals surface area contributed by atoms with E-state index in [0.29, 0.717) is 0 Å². The number of ether oxygens (including phenoxy) is 1. The molecule has 0 N–H and O–H groups in total. The molecule has 1 heterocycles. The van der Waals surface area contributed by atoms with Gasteiger partial charge in [-0.05, 0) is 31.2 Å². The SMILES string of the molecule is CCc1ccc(OCCN2CCN(C)CC2)cc1. The van der Waals surface area contributed by atoms with Gasteiger partial charge in [0.1, 0.15) is 12.4 Å².